The Morgan fingerprint density at radius 2 is 1.62 bits per heavy atom. The van der Waals surface area contributed by atoms with Crippen LogP contribution in [0, 0.1) is 11.3 Å². The molecule has 0 atom stereocenters. The van der Waals surface area contributed by atoms with Crippen LogP contribution in [0.1, 0.15) is 16.7 Å². The third kappa shape index (κ3) is 5.70. The second-order valence-electron chi connectivity index (χ2n) is 6.89. The van der Waals surface area contributed by atoms with E-state index >= 15 is 0 Å². The van der Waals surface area contributed by atoms with E-state index in [0.717, 1.165) is 11.1 Å². The van der Waals surface area contributed by atoms with Crippen molar-refractivity contribution in [2.75, 3.05) is 26.6 Å². The number of anilines is 1. The van der Waals surface area contributed by atoms with Gasteiger partial charge in [-0.2, -0.15) is 5.26 Å². The number of methoxy groups -OCH3 is 3. The van der Waals surface area contributed by atoms with Crippen LogP contribution in [-0.4, -0.2) is 27.2 Å². The van der Waals surface area contributed by atoms with Crippen molar-refractivity contribution < 1.29 is 23.7 Å². The van der Waals surface area contributed by atoms with Crippen LogP contribution in [0.3, 0.4) is 0 Å². The summed E-state index contributed by atoms with van der Waals surface area (Å²) >= 11 is 0. The van der Waals surface area contributed by atoms with Crippen molar-refractivity contribution in [1.29, 1.82) is 5.26 Å². The summed E-state index contributed by atoms with van der Waals surface area (Å²) < 4.78 is 21.8. The summed E-state index contributed by atoms with van der Waals surface area (Å²) in [6.45, 7) is 0.318. The highest BCUT2D eigenvalue weighted by Gasteiger charge is 2.15. The zero-order valence-electron chi connectivity index (χ0n) is 18.2. The van der Waals surface area contributed by atoms with Crippen molar-refractivity contribution in [3.05, 3.63) is 77.4 Å². The summed E-state index contributed by atoms with van der Waals surface area (Å²) in [4.78, 5) is 12.6. The average Bonchev–Trinajstić information content (AvgIpc) is 2.82. The summed E-state index contributed by atoms with van der Waals surface area (Å²) in [7, 11) is 4.59. The van der Waals surface area contributed by atoms with Gasteiger partial charge in [-0.25, -0.2) is 0 Å². The first-order chi connectivity index (χ1) is 15.6. The maximum atomic E-state index is 12.6. The largest absolute Gasteiger partial charge is 0.493 e. The lowest BCUT2D eigenvalue weighted by Crippen LogP contribution is -2.14. The minimum atomic E-state index is -0.196. The molecule has 0 radical (unpaired) electrons. The van der Waals surface area contributed by atoms with Gasteiger partial charge in [0, 0.05) is 11.8 Å². The number of carbonyl (C=O) groups excluding carboxylic acids is 1. The molecular weight excluding hydrogens is 408 g/mol. The molecule has 7 nitrogen and oxygen atoms in total. The first-order valence-corrected chi connectivity index (χ1v) is 9.87. The molecule has 0 saturated heterocycles. The first-order valence-electron chi connectivity index (χ1n) is 9.87. The van der Waals surface area contributed by atoms with Crippen molar-refractivity contribution in [1.82, 2.24) is 0 Å². The predicted molar refractivity (Wildman–Crippen MR) is 120 cm³/mol. The average molecular weight is 432 g/mol. The van der Waals surface area contributed by atoms with Gasteiger partial charge in [-0.1, -0.05) is 18.2 Å². The molecule has 3 rings (SSSR count). The molecule has 0 aliphatic heterocycles. The van der Waals surface area contributed by atoms with Crippen molar-refractivity contribution in [3.8, 4) is 29.1 Å². The number of hydrogen-bond acceptors (Lipinski definition) is 6. The van der Waals surface area contributed by atoms with E-state index in [4.69, 9.17) is 24.2 Å². The lowest BCUT2D eigenvalue weighted by atomic mass is 10.1. The van der Waals surface area contributed by atoms with Gasteiger partial charge >= 0.3 is 0 Å². The molecule has 0 aliphatic rings. The Morgan fingerprint density at radius 1 is 0.906 bits per heavy atom. The van der Waals surface area contributed by atoms with Gasteiger partial charge in [0.1, 0.15) is 12.4 Å². The molecule has 0 aromatic heterocycles. The van der Waals surface area contributed by atoms with Gasteiger partial charge in [-0.3, -0.25) is 4.79 Å². The van der Waals surface area contributed by atoms with Gasteiger partial charge in [0.15, 0.2) is 11.5 Å². The summed E-state index contributed by atoms with van der Waals surface area (Å²) in [6, 6.07) is 20.0. The van der Waals surface area contributed by atoms with Crippen LogP contribution in [0.25, 0.3) is 0 Å². The maximum absolute atomic E-state index is 12.6. The van der Waals surface area contributed by atoms with Gasteiger partial charge in [0.25, 0.3) is 0 Å². The molecule has 3 aromatic carbocycles. The molecule has 7 heteroatoms. The molecule has 0 fully saturated rings. The highest BCUT2D eigenvalue weighted by Crippen LogP contribution is 2.38. The minimum absolute atomic E-state index is 0.128. The van der Waals surface area contributed by atoms with Crippen LogP contribution in [-0.2, 0) is 17.8 Å². The highest BCUT2D eigenvalue weighted by atomic mass is 16.5. The van der Waals surface area contributed by atoms with Gasteiger partial charge in [0.2, 0.25) is 11.7 Å². The lowest BCUT2D eigenvalue weighted by Gasteiger charge is -2.14. The second-order valence-corrected chi connectivity index (χ2v) is 6.89. The summed E-state index contributed by atoms with van der Waals surface area (Å²) in [5.41, 5.74) is 2.81. The Hall–Kier alpha value is -4.18. The molecule has 1 amide bonds. The zero-order chi connectivity index (χ0) is 22.9. The fourth-order valence-electron chi connectivity index (χ4n) is 3.19. The number of nitriles is 1. The number of ether oxygens (including phenoxy) is 4. The molecule has 164 valence electrons. The Morgan fingerprint density at radius 3 is 2.28 bits per heavy atom. The van der Waals surface area contributed by atoms with Gasteiger partial charge in [-0.05, 0) is 47.5 Å². The topological polar surface area (TPSA) is 89.8 Å². The fourth-order valence-corrected chi connectivity index (χ4v) is 3.19. The molecule has 1 N–H and O–H groups in total. The van der Waals surface area contributed by atoms with Crippen molar-refractivity contribution >= 4 is 11.6 Å². The molecule has 3 aromatic rings. The third-order valence-corrected chi connectivity index (χ3v) is 4.67. The highest BCUT2D eigenvalue weighted by molar-refractivity contribution is 5.92. The number of hydrogen-bond donors (Lipinski definition) is 1. The number of amides is 1. The van der Waals surface area contributed by atoms with Crippen LogP contribution in [0.4, 0.5) is 5.69 Å². The maximum Gasteiger partial charge on any atom is 0.228 e. The Balaban J connectivity index is 1.65. The van der Waals surface area contributed by atoms with Crippen molar-refractivity contribution in [2.45, 2.75) is 13.0 Å². The molecule has 0 saturated carbocycles. The minimum Gasteiger partial charge on any atom is -0.493 e. The molecule has 32 heavy (non-hydrogen) atoms. The van der Waals surface area contributed by atoms with Gasteiger partial charge in [-0.15, -0.1) is 0 Å². The molecule has 0 bridgehead atoms. The van der Waals surface area contributed by atoms with Crippen LogP contribution in [0.15, 0.2) is 60.7 Å². The third-order valence-electron chi connectivity index (χ3n) is 4.67. The summed E-state index contributed by atoms with van der Waals surface area (Å²) in [5, 5.41) is 11.9. The Labute approximate surface area is 187 Å². The number of carbonyl (C=O) groups is 1. The van der Waals surface area contributed by atoms with Crippen molar-refractivity contribution in [3.63, 3.8) is 0 Å². The number of nitrogens with one attached hydrogen (secondary N) is 1. The van der Waals surface area contributed by atoms with E-state index in [1.54, 1.807) is 42.5 Å². The van der Waals surface area contributed by atoms with E-state index in [9.17, 15) is 4.79 Å². The Kier molecular flexibility index (Phi) is 7.55. The molecular formula is C25H24N2O5. The number of nitrogens with zero attached hydrogens (tertiary/aromatic N) is 1. The number of benzene rings is 3. The van der Waals surface area contributed by atoms with E-state index < -0.39 is 0 Å². The monoisotopic (exact) mass is 432 g/mol. The van der Waals surface area contributed by atoms with E-state index in [-0.39, 0.29) is 12.3 Å². The van der Waals surface area contributed by atoms with Crippen LogP contribution in [0.2, 0.25) is 0 Å². The van der Waals surface area contributed by atoms with E-state index in [1.807, 2.05) is 18.2 Å². The number of rotatable bonds is 9. The molecule has 0 spiro atoms. The second kappa shape index (κ2) is 10.7. The van der Waals surface area contributed by atoms with E-state index in [0.29, 0.717) is 40.9 Å². The standard InChI is InChI=1S/C25H24N2O5/c1-29-22-11-19(12-23(30-2)25(22)31-3)13-24(28)27-20-8-5-9-21(14-20)32-16-18-7-4-6-17(10-18)15-26/h4-12,14H,13,16H2,1-3H3,(H,27,28). The molecule has 0 aliphatic carbocycles. The van der Waals surface area contributed by atoms with Crippen LogP contribution >= 0.6 is 0 Å². The predicted octanol–water partition coefficient (Wildman–Crippen LogP) is 4.34. The van der Waals surface area contributed by atoms with E-state index in [1.165, 1.54) is 21.3 Å². The first kappa shape index (κ1) is 22.5. The zero-order valence-corrected chi connectivity index (χ0v) is 18.2. The van der Waals surface area contributed by atoms with E-state index in [2.05, 4.69) is 11.4 Å². The Bertz CT molecular complexity index is 1110. The van der Waals surface area contributed by atoms with Gasteiger partial charge in [0.05, 0.1) is 39.4 Å². The van der Waals surface area contributed by atoms with Gasteiger partial charge < -0.3 is 24.3 Å². The van der Waals surface area contributed by atoms with Crippen LogP contribution < -0.4 is 24.3 Å². The quantitative estimate of drug-likeness (QED) is 0.541. The van der Waals surface area contributed by atoms with Crippen LogP contribution in [0.5, 0.6) is 23.0 Å². The van der Waals surface area contributed by atoms with Crippen molar-refractivity contribution in [2.24, 2.45) is 0 Å². The normalized spacial score (nSPS) is 10.1. The molecule has 0 unspecified atom stereocenters. The lowest BCUT2D eigenvalue weighted by molar-refractivity contribution is -0.115. The molecule has 0 heterocycles. The fraction of sp³-hybridized carbons (Fsp3) is 0.200. The summed E-state index contributed by atoms with van der Waals surface area (Å²) in [6.07, 6.45) is 0.128. The SMILES string of the molecule is COc1cc(CC(=O)Nc2cccc(OCc3cccc(C#N)c3)c2)cc(OC)c1OC. The smallest absolute Gasteiger partial charge is 0.228 e. The summed E-state index contributed by atoms with van der Waals surface area (Å²) in [5.74, 6) is 1.87.